The second-order valence-corrected chi connectivity index (χ2v) is 3.01. The van der Waals surface area contributed by atoms with Gasteiger partial charge in [0.2, 0.25) is 0 Å². The number of benzene rings is 1. The van der Waals surface area contributed by atoms with Gasteiger partial charge in [-0.3, -0.25) is 0 Å². The predicted octanol–water partition coefficient (Wildman–Crippen LogP) is 3.32. The van der Waals surface area contributed by atoms with E-state index >= 15 is 0 Å². The first-order valence-electron chi connectivity index (χ1n) is 4.50. The second-order valence-electron chi connectivity index (χ2n) is 3.01. The van der Waals surface area contributed by atoms with Crippen LogP contribution >= 0.6 is 0 Å². The molecule has 0 fully saturated rings. The van der Waals surface area contributed by atoms with Crippen LogP contribution in [0.5, 0.6) is 11.5 Å². The van der Waals surface area contributed by atoms with Gasteiger partial charge in [-0.25, -0.2) is 0 Å². The second kappa shape index (κ2) is 4.92. The van der Waals surface area contributed by atoms with Crippen LogP contribution in [0.4, 0.5) is 13.2 Å². The van der Waals surface area contributed by atoms with Crippen molar-refractivity contribution in [2.45, 2.75) is 12.8 Å². The number of rotatable bonds is 4. The summed E-state index contributed by atoms with van der Waals surface area (Å²) >= 11 is 0. The molecule has 0 bridgehead atoms. The third kappa shape index (κ3) is 3.49. The maximum Gasteiger partial charge on any atom is 0.573 e. The standard InChI is InChI=1S/C11H11F3O2/c1-3-4-8-5-6-9(7-10(8)15-2)16-11(12,13)14/h3,5-7H,1,4H2,2H3. The number of ether oxygens (including phenoxy) is 2. The summed E-state index contributed by atoms with van der Waals surface area (Å²) in [5, 5.41) is 0. The van der Waals surface area contributed by atoms with Gasteiger partial charge in [-0.05, 0) is 18.1 Å². The summed E-state index contributed by atoms with van der Waals surface area (Å²) < 4.78 is 44.6. The van der Waals surface area contributed by atoms with Gasteiger partial charge in [0, 0.05) is 6.07 Å². The Kier molecular flexibility index (Phi) is 3.82. The molecule has 16 heavy (non-hydrogen) atoms. The van der Waals surface area contributed by atoms with E-state index < -0.39 is 6.36 Å². The lowest BCUT2D eigenvalue weighted by Crippen LogP contribution is -2.17. The number of hydrogen-bond donors (Lipinski definition) is 0. The molecule has 0 saturated heterocycles. The Morgan fingerprint density at radius 1 is 1.38 bits per heavy atom. The summed E-state index contributed by atoms with van der Waals surface area (Å²) in [7, 11) is 1.39. The van der Waals surface area contributed by atoms with Crippen molar-refractivity contribution < 1.29 is 22.6 Å². The Morgan fingerprint density at radius 2 is 2.06 bits per heavy atom. The van der Waals surface area contributed by atoms with Crippen LogP contribution in [0.15, 0.2) is 30.9 Å². The molecule has 0 spiro atoms. The molecule has 0 aliphatic carbocycles. The van der Waals surface area contributed by atoms with Crippen LogP contribution in [0, 0.1) is 0 Å². The van der Waals surface area contributed by atoms with Gasteiger partial charge in [-0.2, -0.15) is 0 Å². The van der Waals surface area contributed by atoms with Crippen molar-refractivity contribution in [3.8, 4) is 11.5 Å². The molecule has 88 valence electrons. The van der Waals surface area contributed by atoms with Crippen LogP contribution in [-0.2, 0) is 6.42 Å². The highest BCUT2D eigenvalue weighted by molar-refractivity contribution is 5.41. The van der Waals surface area contributed by atoms with Gasteiger partial charge >= 0.3 is 6.36 Å². The third-order valence-electron chi connectivity index (χ3n) is 1.86. The number of hydrogen-bond acceptors (Lipinski definition) is 2. The Balaban J connectivity index is 2.94. The smallest absolute Gasteiger partial charge is 0.496 e. The Morgan fingerprint density at radius 3 is 2.56 bits per heavy atom. The molecule has 2 nitrogen and oxygen atoms in total. The fourth-order valence-electron chi connectivity index (χ4n) is 1.25. The molecule has 0 atom stereocenters. The molecule has 0 unspecified atom stereocenters. The Bertz CT molecular complexity index is 372. The molecule has 0 aliphatic heterocycles. The summed E-state index contributed by atoms with van der Waals surface area (Å²) in [6.45, 7) is 3.55. The topological polar surface area (TPSA) is 18.5 Å². The SMILES string of the molecule is C=CCc1ccc(OC(F)(F)F)cc1OC. The Labute approximate surface area is 91.3 Å². The van der Waals surface area contributed by atoms with Crippen molar-refractivity contribution in [2.24, 2.45) is 0 Å². The van der Waals surface area contributed by atoms with Crippen molar-refractivity contribution in [1.82, 2.24) is 0 Å². The van der Waals surface area contributed by atoms with Gasteiger partial charge in [0.25, 0.3) is 0 Å². The van der Waals surface area contributed by atoms with Gasteiger partial charge in [-0.15, -0.1) is 19.8 Å². The summed E-state index contributed by atoms with van der Waals surface area (Å²) in [4.78, 5) is 0. The van der Waals surface area contributed by atoms with E-state index in [-0.39, 0.29) is 5.75 Å². The first-order valence-corrected chi connectivity index (χ1v) is 4.50. The summed E-state index contributed by atoms with van der Waals surface area (Å²) in [5.41, 5.74) is 0.757. The molecule has 0 amide bonds. The third-order valence-corrected chi connectivity index (χ3v) is 1.86. The number of alkyl halides is 3. The van der Waals surface area contributed by atoms with E-state index in [1.807, 2.05) is 0 Å². The zero-order chi connectivity index (χ0) is 12.2. The van der Waals surface area contributed by atoms with Crippen molar-refractivity contribution >= 4 is 0 Å². The van der Waals surface area contributed by atoms with E-state index in [9.17, 15) is 13.2 Å². The largest absolute Gasteiger partial charge is 0.573 e. The maximum atomic E-state index is 11.9. The molecule has 1 aromatic carbocycles. The Hall–Kier alpha value is -1.65. The monoisotopic (exact) mass is 232 g/mol. The molecule has 0 radical (unpaired) electrons. The van der Waals surface area contributed by atoms with Crippen LogP contribution in [0.1, 0.15) is 5.56 Å². The lowest BCUT2D eigenvalue weighted by Gasteiger charge is -2.12. The lowest BCUT2D eigenvalue weighted by molar-refractivity contribution is -0.274. The van der Waals surface area contributed by atoms with E-state index in [4.69, 9.17) is 4.74 Å². The molecular weight excluding hydrogens is 221 g/mol. The minimum atomic E-state index is -4.69. The first-order chi connectivity index (χ1) is 7.46. The number of methoxy groups -OCH3 is 1. The summed E-state index contributed by atoms with van der Waals surface area (Å²) in [5.74, 6) is 0.0545. The van der Waals surface area contributed by atoms with Gasteiger partial charge in [0.1, 0.15) is 11.5 Å². The molecule has 5 heteroatoms. The van der Waals surface area contributed by atoms with E-state index in [0.29, 0.717) is 12.2 Å². The minimum absolute atomic E-state index is 0.294. The highest BCUT2D eigenvalue weighted by Crippen LogP contribution is 2.29. The zero-order valence-electron chi connectivity index (χ0n) is 8.67. The average molecular weight is 232 g/mol. The molecular formula is C11H11F3O2. The number of allylic oxidation sites excluding steroid dienone is 1. The fraction of sp³-hybridized carbons (Fsp3) is 0.273. The molecule has 0 N–H and O–H groups in total. The van der Waals surface area contributed by atoms with Gasteiger partial charge in [0.05, 0.1) is 7.11 Å². The van der Waals surface area contributed by atoms with Gasteiger partial charge in [0.15, 0.2) is 0 Å². The quantitative estimate of drug-likeness (QED) is 0.741. The van der Waals surface area contributed by atoms with Crippen LogP contribution in [0.2, 0.25) is 0 Å². The van der Waals surface area contributed by atoms with E-state index in [1.165, 1.54) is 25.3 Å². The molecule has 0 aliphatic rings. The highest BCUT2D eigenvalue weighted by atomic mass is 19.4. The molecule has 0 aromatic heterocycles. The molecule has 1 aromatic rings. The summed E-state index contributed by atoms with van der Waals surface area (Å²) in [6, 6.07) is 3.96. The predicted molar refractivity (Wildman–Crippen MR) is 53.6 cm³/mol. The summed E-state index contributed by atoms with van der Waals surface area (Å²) in [6.07, 6.45) is -2.53. The van der Waals surface area contributed by atoms with Crippen LogP contribution in [0.3, 0.4) is 0 Å². The zero-order valence-corrected chi connectivity index (χ0v) is 8.67. The van der Waals surface area contributed by atoms with E-state index in [0.717, 1.165) is 5.56 Å². The van der Waals surface area contributed by atoms with Crippen molar-refractivity contribution in [1.29, 1.82) is 0 Å². The minimum Gasteiger partial charge on any atom is -0.496 e. The molecule has 1 rings (SSSR count). The van der Waals surface area contributed by atoms with Gasteiger partial charge < -0.3 is 9.47 Å². The van der Waals surface area contributed by atoms with Crippen molar-refractivity contribution in [3.63, 3.8) is 0 Å². The van der Waals surface area contributed by atoms with Crippen molar-refractivity contribution in [3.05, 3.63) is 36.4 Å². The van der Waals surface area contributed by atoms with E-state index in [1.54, 1.807) is 6.08 Å². The normalized spacial score (nSPS) is 11.0. The highest BCUT2D eigenvalue weighted by Gasteiger charge is 2.31. The molecule has 0 saturated carbocycles. The van der Waals surface area contributed by atoms with Gasteiger partial charge in [-0.1, -0.05) is 12.1 Å². The molecule has 0 heterocycles. The fourth-order valence-corrected chi connectivity index (χ4v) is 1.25. The lowest BCUT2D eigenvalue weighted by atomic mass is 10.1. The van der Waals surface area contributed by atoms with Crippen LogP contribution in [-0.4, -0.2) is 13.5 Å². The van der Waals surface area contributed by atoms with Crippen LogP contribution < -0.4 is 9.47 Å². The average Bonchev–Trinajstić information content (AvgIpc) is 2.18. The van der Waals surface area contributed by atoms with E-state index in [2.05, 4.69) is 11.3 Å². The van der Waals surface area contributed by atoms with Crippen LogP contribution in [0.25, 0.3) is 0 Å². The number of halogens is 3. The maximum absolute atomic E-state index is 11.9. The van der Waals surface area contributed by atoms with Crippen molar-refractivity contribution in [2.75, 3.05) is 7.11 Å². The first kappa shape index (κ1) is 12.4.